The highest BCUT2D eigenvalue weighted by atomic mass is 16.1. The van der Waals surface area contributed by atoms with Crippen LogP contribution in [0.25, 0.3) is 0 Å². The first-order valence-corrected chi connectivity index (χ1v) is 2.09. The van der Waals surface area contributed by atoms with Crippen LogP contribution in [-0.2, 0) is 4.79 Å². The molecule has 35 valence electrons. The monoisotopic (exact) mass is 85.1 g/mol. The van der Waals surface area contributed by atoms with Crippen molar-refractivity contribution in [3.63, 3.8) is 0 Å². The van der Waals surface area contributed by atoms with Gasteiger partial charge in [0.05, 0.1) is 0 Å². The van der Waals surface area contributed by atoms with Gasteiger partial charge in [-0.2, -0.15) is 0 Å². The third-order valence-corrected chi connectivity index (χ3v) is 0.717. The Morgan fingerprint density at radius 1 is 2.00 bits per heavy atom. The molecule has 0 aliphatic rings. The van der Waals surface area contributed by atoms with Gasteiger partial charge in [-0.3, -0.25) is 0 Å². The zero-order valence-electron chi connectivity index (χ0n) is 3.98. The molecule has 1 nitrogen and oxygen atoms in total. The highest BCUT2D eigenvalue weighted by molar-refractivity contribution is 5.53. The fourth-order valence-electron chi connectivity index (χ4n) is 0.0962. The lowest BCUT2D eigenvalue weighted by molar-refractivity contribution is -0.110. The maximum absolute atomic E-state index is 9.67. The van der Waals surface area contributed by atoms with E-state index < -0.39 is 0 Å². The van der Waals surface area contributed by atoms with E-state index in [1.165, 1.54) is 0 Å². The average Bonchev–Trinajstić information content (AvgIpc) is 1.65. The predicted octanol–water partition coefficient (Wildman–Crippen LogP) is 1.05. The van der Waals surface area contributed by atoms with E-state index in [4.69, 9.17) is 0 Å². The van der Waals surface area contributed by atoms with Gasteiger partial charge >= 0.3 is 0 Å². The van der Waals surface area contributed by atoms with Crippen LogP contribution in [0.3, 0.4) is 0 Å². The molecule has 0 amide bonds. The van der Waals surface area contributed by atoms with Crippen molar-refractivity contribution in [3.8, 4) is 0 Å². The number of carbonyl (C=O) groups is 1. The SMILES string of the molecule is [CH2]C(C=O)CC. The molecule has 0 heterocycles. The maximum atomic E-state index is 9.67. The van der Waals surface area contributed by atoms with Crippen molar-refractivity contribution in [2.24, 2.45) is 5.92 Å². The van der Waals surface area contributed by atoms with E-state index in [9.17, 15) is 4.79 Å². The van der Waals surface area contributed by atoms with Gasteiger partial charge in [0.15, 0.2) is 0 Å². The fraction of sp³-hybridized carbons (Fsp3) is 0.600. The van der Waals surface area contributed by atoms with E-state index in [1.54, 1.807) is 0 Å². The van der Waals surface area contributed by atoms with E-state index in [-0.39, 0.29) is 5.92 Å². The molecule has 0 N–H and O–H groups in total. The molecule has 0 aromatic heterocycles. The summed E-state index contributed by atoms with van der Waals surface area (Å²) in [6, 6.07) is 0. The number of carbonyl (C=O) groups excluding carboxylic acids is 1. The Labute approximate surface area is 38.4 Å². The van der Waals surface area contributed by atoms with Crippen LogP contribution >= 0.6 is 0 Å². The Kier molecular flexibility index (Phi) is 2.73. The van der Waals surface area contributed by atoms with Gasteiger partial charge in [0.2, 0.25) is 0 Å². The first kappa shape index (κ1) is 5.67. The molecule has 0 fully saturated rings. The molecule has 1 unspecified atom stereocenters. The lowest BCUT2D eigenvalue weighted by Crippen LogP contribution is -1.90. The van der Waals surface area contributed by atoms with Gasteiger partial charge in [-0.15, -0.1) is 0 Å². The molecule has 1 heteroatoms. The fourth-order valence-corrected chi connectivity index (χ4v) is 0.0962. The summed E-state index contributed by atoms with van der Waals surface area (Å²) in [6.45, 7) is 5.44. The average molecular weight is 85.1 g/mol. The van der Waals surface area contributed by atoms with E-state index in [0.717, 1.165) is 12.7 Å². The summed E-state index contributed by atoms with van der Waals surface area (Å²) < 4.78 is 0. The minimum atomic E-state index is 0.00463. The van der Waals surface area contributed by atoms with Crippen molar-refractivity contribution in [3.05, 3.63) is 6.92 Å². The summed E-state index contributed by atoms with van der Waals surface area (Å²) in [4.78, 5) is 9.67. The predicted molar refractivity (Wildman–Crippen MR) is 25.2 cm³/mol. The second-order valence-corrected chi connectivity index (χ2v) is 1.30. The highest BCUT2D eigenvalue weighted by Gasteiger charge is 1.89. The second-order valence-electron chi connectivity index (χ2n) is 1.30. The smallest absolute Gasteiger partial charge is 0.123 e. The summed E-state index contributed by atoms with van der Waals surface area (Å²) in [5.74, 6) is 0.00463. The summed E-state index contributed by atoms with van der Waals surface area (Å²) in [5, 5.41) is 0. The topological polar surface area (TPSA) is 17.1 Å². The van der Waals surface area contributed by atoms with Gasteiger partial charge < -0.3 is 4.79 Å². The summed E-state index contributed by atoms with van der Waals surface area (Å²) >= 11 is 0. The van der Waals surface area contributed by atoms with Crippen LogP contribution in [0.4, 0.5) is 0 Å². The Hall–Kier alpha value is -0.330. The summed E-state index contributed by atoms with van der Waals surface area (Å²) in [5.41, 5.74) is 0. The van der Waals surface area contributed by atoms with Crippen LogP contribution in [0.15, 0.2) is 0 Å². The number of rotatable bonds is 2. The Bertz CT molecular complexity index is 41.2. The van der Waals surface area contributed by atoms with E-state index in [2.05, 4.69) is 6.92 Å². The van der Waals surface area contributed by atoms with Crippen molar-refractivity contribution in [2.75, 3.05) is 0 Å². The lowest BCUT2D eigenvalue weighted by atomic mass is 10.2. The standard InChI is InChI=1S/C5H9O/c1-3-5(2)4-6/h4-5H,2-3H2,1H3. The minimum absolute atomic E-state index is 0.00463. The Balaban J connectivity index is 2.96. The van der Waals surface area contributed by atoms with Crippen molar-refractivity contribution >= 4 is 6.29 Å². The van der Waals surface area contributed by atoms with Crippen molar-refractivity contribution < 1.29 is 4.79 Å². The van der Waals surface area contributed by atoms with Gasteiger partial charge in [-0.1, -0.05) is 6.92 Å². The lowest BCUT2D eigenvalue weighted by Gasteiger charge is -1.89. The third-order valence-electron chi connectivity index (χ3n) is 0.717. The van der Waals surface area contributed by atoms with Gasteiger partial charge in [0.25, 0.3) is 0 Å². The summed E-state index contributed by atoms with van der Waals surface area (Å²) in [6.07, 6.45) is 1.71. The van der Waals surface area contributed by atoms with E-state index >= 15 is 0 Å². The van der Waals surface area contributed by atoms with Gasteiger partial charge in [0.1, 0.15) is 6.29 Å². The highest BCUT2D eigenvalue weighted by Crippen LogP contribution is 1.91. The van der Waals surface area contributed by atoms with Crippen molar-refractivity contribution in [2.45, 2.75) is 13.3 Å². The first-order valence-electron chi connectivity index (χ1n) is 2.09. The van der Waals surface area contributed by atoms with Crippen LogP contribution in [0.1, 0.15) is 13.3 Å². The summed E-state index contributed by atoms with van der Waals surface area (Å²) in [7, 11) is 0. The molecule has 6 heavy (non-hydrogen) atoms. The number of hydrogen-bond donors (Lipinski definition) is 0. The number of hydrogen-bond acceptors (Lipinski definition) is 1. The van der Waals surface area contributed by atoms with Gasteiger partial charge in [-0.25, -0.2) is 0 Å². The largest absolute Gasteiger partial charge is 0.303 e. The number of aldehydes is 1. The molecule has 1 radical (unpaired) electrons. The van der Waals surface area contributed by atoms with Gasteiger partial charge in [-0.05, 0) is 13.3 Å². The molecule has 0 aliphatic carbocycles. The van der Waals surface area contributed by atoms with E-state index in [1.807, 2.05) is 6.92 Å². The molecule has 0 spiro atoms. The Morgan fingerprint density at radius 2 is 2.50 bits per heavy atom. The molecule has 0 bridgehead atoms. The van der Waals surface area contributed by atoms with E-state index in [0.29, 0.717) is 0 Å². The molecule has 0 saturated heterocycles. The zero-order chi connectivity index (χ0) is 4.99. The van der Waals surface area contributed by atoms with Crippen LogP contribution in [0.5, 0.6) is 0 Å². The molecule has 0 aliphatic heterocycles. The van der Waals surface area contributed by atoms with Crippen LogP contribution < -0.4 is 0 Å². The molecule has 0 rings (SSSR count). The normalized spacial score (nSPS) is 13.7. The van der Waals surface area contributed by atoms with Crippen LogP contribution in [0, 0.1) is 12.8 Å². The minimum Gasteiger partial charge on any atom is -0.303 e. The molecule has 0 aromatic carbocycles. The quantitative estimate of drug-likeness (QED) is 0.458. The molecule has 0 aromatic rings. The zero-order valence-corrected chi connectivity index (χ0v) is 3.98. The molecular formula is C5H9O. The maximum Gasteiger partial charge on any atom is 0.123 e. The van der Waals surface area contributed by atoms with Crippen molar-refractivity contribution in [1.82, 2.24) is 0 Å². The Morgan fingerprint density at radius 3 is 2.50 bits per heavy atom. The van der Waals surface area contributed by atoms with Gasteiger partial charge in [0, 0.05) is 5.92 Å². The van der Waals surface area contributed by atoms with Crippen molar-refractivity contribution in [1.29, 1.82) is 0 Å². The molecule has 0 saturated carbocycles. The first-order chi connectivity index (χ1) is 2.81. The third kappa shape index (κ3) is 1.94. The molecule has 1 atom stereocenters. The van der Waals surface area contributed by atoms with Crippen LogP contribution in [-0.4, -0.2) is 6.29 Å². The molecular weight excluding hydrogens is 76.1 g/mol. The van der Waals surface area contributed by atoms with Crippen LogP contribution in [0.2, 0.25) is 0 Å². The second kappa shape index (κ2) is 2.88.